The molecule has 0 aliphatic carbocycles. The fourth-order valence-electron chi connectivity index (χ4n) is 2.72. The maximum Gasteiger partial charge on any atom is 0.239 e. The number of nitrogens with one attached hydrogen (secondary N) is 2. The molecule has 2 N–H and O–H groups in total. The lowest BCUT2D eigenvalue weighted by molar-refractivity contribution is -0.136. The van der Waals surface area contributed by atoms with Crippen molar-refractivity contribution in [3.05, 3.63) is 0 Å². The monoisotopic (exact) mass is 434 g/mol. The highest BCUT2D eigenvalue weighted by Gasteiger charge is 2.25. The van der Waals surface area contributed by atoms with E-state index in [-0.39, 0.29) is 55.2 Å². The summed E-state index contributed by atoms with van der Waals surface area (Å²) in [5.41, 5.74) is -0.599. The van der Waals surface area contributed by atoms with Gasteiger partial charge in [0.25, 0.3) is 0 Å². The molecule has 3 amide bonds. The summed E-state index contributed by atoms with van der Waals surface area (Å²) in [5.74, 6) is -0.469. The average Bonchev–Trinajstić information content (AvgIpc) is 2.64. The molecule has 31 heavy (non-hydrogen) atoms. The number of nitrogens with zero attached hydrogens (tertiary/aromatic N) is 2. The third-order valence-electron chi connectivity index (χ3n) is 4.72. The summed E-state index contributed by atoms with van der Waals surface area (Å²) in [7, 11) is 4.38. The summed E-state index contributed by atoms with van der Waals surface area (Å²) < 4.78 is 0. The molecule has 11 heteroatoms. The van der Waals surface area contributed by atoms with Crippen LogP contribution in [0.5, 0.6) is 0 Å². The van der Waals surface area contributed by atoms with Crippen LogP contribution in [0.4, 0.5) is 0 Å². The van der Waals surface area contributed by atoms with Crippen molar-refractivity contribution >= 4 is 46.3 Å². The SMILES string of the molecule is BBCC(=O)N(CCNC(=O)CN(CCNC(C)(C)C)C(=O)CB)CC(=O)C(C)(C)C. The minimum atomic E-state index is -0.532. The maximum absolute atomic E-state index is 12.4. The van der Waals surface area contributed by atoms with Crippen LogP contribution in [0.25, 0.3) is 0 Å². The molecule has 0 aromatic heterocycles. The summed E-state index contributed by atoms with van der Waals surface area (Å²) >= 11 is 0. The minimum Gasteiger partial charge on any atom is -0.353 e. The van der Waals surface area contributed by atoms with Gasteiger partial charge >= 0.3 is 0 Å². The second-order valence-corrected chi connectivity index (χ2v) is 9.93. The van der Waals surface area contributed by atoms with E-state index in [0.717, 1.165) is 0 Å². The Hall–Kier alpha value is -1.77. The van der Waals surface area contributed by atoms with Crippen LogP contribution in [0, 0.1) is 5.41 Å². The normalized spacial score (nSPS) is 11.5. The first-order valence-electron chi connectivity index (χ1n) is 11.3. The van der Waals surface area contributed by atoms with Gasteiger partial charge in [-0.15, -0.1) is 0 Å². The number of amides is 3. The number of rotatable bonds is 13. The Morgan fingerprint density at radius 2 is 1.42 bits per heavy atom. The van der Waals surface area contributed by atoms with Crippen molar-refractivity contribution in [2.45, 2.75) is 59.7 Å². The minimum absolute atomic E-state index is 0.0191. The lowest BCUT2D eigenvalue weighted by Gasteiger charge is -2.27. The van der Waals surface area contributed by atoms with Crippen molar-refractivity contribution in [1.29, 1.82) is 0 Å². The highest BCUT2D eigenvalue weighted by molar-refractivity contribution is 6.90. The molecule has 8 nitrogen and oxygen atoms in total. The quantitative estimate of drug-likeness (QED) is 0.334. The Kier molecular flexibility index (Phi) is 12.8. The molecule has 0 saturated heterocycles. The van der Waals surface area contributed by atoms with Crippen molar-refractivity contribution in [2.75, 3.05) is 39.3 Å². The zero-order chi connectivity index (χ0) is 24.2. The van der Waals surface area contributed by atoms with Crippen LogP contribution < -0.4 is 10.6 Å². The Labute approximate surface area is 190 Å². The van der Waals surface area contributed by atoms with Crippen molar-refractivity contribution in [3.8, 4) is 0 Å². The van der Waals surface area contributed by atoms with E-state index in [1.807, 2.05) is 49.3 Å². The molecule has 0 aliphatic heterocycles. The van der Waals surface area contributed by atoms with Crippen LogP contribution >= 0.6 is 0 Å². The van der Waals surface area contributed by atoms with E-state index in [9.17, 15) is 19.2 Å². The van der Waals surface area contributed by atoms with Gasteiger partial charge in [-0.05, 0) is 33.4 Å². The summed E-state index contributed by atoms with van der Waals surface area (Å²) in [6.45, 7) is 13.2. The molecule has 0 atom stereocenters. The van der Waals surface area contributed by atoms with Gasteiger partial charge in [0, 0.05) is 37.1 Å². The topological polar surface area (TPSA) is 98.8 Å². The molecule has 0 aromatic rings. The van der Waals surface area contributed by atoms with Gasteiger partial charge in [0.1, 0.15) is 7.85 Å². The van der Waals surface area contributed by atoms with Crippen molar-refractivity contribution in [1.82, 2.24) is 20.4 Å². The molecule has 0 radical (unpaired) electrons. The molecule has 0 saturated carbocycles. The molecular formula is C20H41B3N4O4. The van der Waals surface area contributed by atoms with E-state index >= 15 is 0 Å². The molecule has 0 spiro atoms. The number of carbonyl (C=O) groups is 4. The van der Waals surface area contributed by atoms with E-state index < -0.39 is 5.41 Å². The van der Waals surface area contributed by atoms with Crippen molar-refractivity contribution < 1.29 is 19.2 Å². The number of hydrogen-bond donors (Lipinski definition) is 2. The molecule has 0 unspecified atom stereocenters. The average molecular weight is 434 g/mol. The fraction of sp³-hybridized carbons (Fsp3) is 0.800. The predicted octanol–water partition coefficient (Wildman–Crippen LogP) is -1.78. The zero-order valence-electron chi connectivity index (χ0n) is 20.9. The zero-order valence-corrected chi connectivity index (χ0v) is 20.9. The Balaban J connectivity index is 4.78. The maximum atomic E-state index is 12.4. The number of hydrogen-bond acceptors (Lipinski definition) is 5. The summed E-state index contributed by atoms with van der Waals surface area (Å²) in [6.07, 6.45) is 0.696. The first-order valence-corrected chi connectivity index (χ1v) is 11.3. The van der Waals surface area contributed by atoms with E-state index in [0.29, 0.717) is 32.9 Å². The van der Waals surface area contributed by atoms with Crippen LogP contribution in [0.1, 0.15) is 41.5 Å². The lowest BCUT2D eigenvalue weighted by atomic mass is 9.53. The van der Waals surface area contributed by atoms with Crippen molar-refractivity contribution in [2.24, 2.45) is 5.41 Å². The van der Waals surface area contributed by atoms with Gasteiger partial charge in [0.15, 0.2) is 5.78 Å². The molecule has 174 valence electrons. The summed E-state index contributed by atoms with van der Waals surface area (Å²) in [4.78, 5) is 52.4. The molecule has 0 bridgehead atoms. The Morgan fingerprint density at radius 1 is 0.871 bits per heavy atom. The van der Waals surface area contributed by atoms with Crippen LogP contribution in [0.15, 0.2) is 0 Å². The number of carbonyl (C=O) groups excluding carboxylic acids is 4. The van der Waals surface area contributed by atoms with E-state index in [1.165, 1.54) is 9.80 Å². The first-order chi connectivity index (χ1) is 14.2. The largest absolute Gasteiger partial charge is 0.353 e. The van der Waals surface area contributed by atoms with Crippen LogP contribution in [-0.4, -0.2) is 101 Å². The number of ketones is 1. The van der Waals surface area contributed by atoms with Crippen LogP contribution in [-0.2, 0) is 19.2 Å². The third-order valence-corrected chi connectivity index (χ3v) is 4.72. The lowest BCUT2D eigenvalue weighted by Crippen LogP contribution is -2.48. The van der Waals surface area contributed by atoms with Gasteiger partial charge in [-0.25, -0.2) is 0 Å². The molecule has 0 aliphatic rings. The second-order valence-electron chi connectivity index (χ2n) is 9.93. The van der Waals surface area contributed by atoms with Gasteiger partial charge in [0.05, 0.1) is 28.0 Å². The second kappa shape index (κ2) is 13.6. The number of Topliss-reactive ketones (excluding diaryl/α,β-unsaturated/α-hetero) is 1. The van der Waals surface area contributed by atoms with Crippen molar-refractivity contribution in [3.63, 3.8) is 0 Å². The standard InChI is InChI=1S/C20H41B3N4O4/c1-19(2,3)15(28)13-26(18(31)12-23-22)9-7-24-16(29)14-27(17(30)11-21)10-8-25-20(4,5)6/h23,25H,7-14,21-22H2,1-6H3,(H,24,29). The van der Waals surface area contributed by atoms with Gasteiger partial charge in [-0.1, -0.05) is 20.8 Å². The van der Waals surface area contributed by atoms with Gasteiger partial charge < -0.3 is 20.4 Å². The van der Waals surface area contributed by atoms with E-state index in [2.05, 4.69) is 10.6 Å². The van der Waals surface area contributed by atoms with Crippen LogP contribution in [0.2, 0.25) is 12.6 Å². The molecule has 0 rings (SSSR count). The molecule has 0 heterocycles. The fourth-order valence-corrected chi connectivity index (χ4v) is 2.72. The highest BCUT2D eigenvalue weighted by Crippen LogP contribution is 2.15. The van der Waals surface area contributed by atoms with Gasteiger partial charge in [-0.3, -0.25) is 19.2 Å². The van der Waals surface area contributed by atoms with Gasteiger partial charge in [-0.2, -0.15) is 0 Å². The Morgan fingerprint density at radius 3 is 1.90 bits per heavy atom. The predicted molar refractivity (Wildman–Crippen MR) is 132 cm³/mol. The third kappa shape index (κ3) is 13.3. The summed E-state index contributed by atoms with van der Waals surface area (Å²) in [5, 5.41) is 6.10. The van der Waals surface area contributed by atoms with E-state index in [1.54, 1.807) is 7.85 Å². The first kappa shape index (κ1) is 29.2. The smallest absolute Gasteiger partial charge is 0.239 e. The molecule has 0 fully saturated rings. The summed E-state index contributed by atoms with van der Waals surface area (Å²) in [6, 6.07) is 0. The molecule has 0 aromatic carbocycles. The van der Waals surface area contributed by atoms with Gasteiger partial charge in [0.2, 0.25) is 17.7 Å². The molecular weight excluding hydrogens is 393 g/mol. The van der Waals surface area contributed by atoms with E-state index in [4.69, 9.17) is 0 Å². The highest BCUT2D eigenvalue weighted by atomic mass is 16.2. The Bertz CT molecular complexity index is 619. The van der Waals surface area contributed by atoms with Crippen LogP contribution in [0.3, 0.4) is 0 Å².